The van der Waals surface area contributed by atoms with Gasteiger partial charge in [-0.1, -0.05) is 30.3 Å². The molecular weight excluding hydrogens is 469 g/mol. The van der Waals surface area contributed by atoms with E-state index in [0.717, 1.165) is 5.56 Å². The standard InChI is InChI=1S/C18H15F11N2O/c19-13(14(20,21)16(24,25)18(28,29)17(26,27)15(13,22)23)12(32)31-8-6-30(7-9-31)10-11-4-2-1-3-5-11/h1-5H,6-10H2. The minimum absolute atomic E-state index is 0.0705. The summed E-state index contributed by atoms with van der Waals surface area (Å²) in [6.07, 6.45) is 0. The molecule has 3 nitrogen and oxygen atoms in total. The third-order valence-electron chi connectivity index (χ3n) is 5.65. The number of amides is 1. The van der Waals surface area contributed by atoms with E-state index in [9.17, 15) is 53.1 Å². The van der Waals surface area contributed by atoms with Gasteiger partial charge in [0.25, 0.3) is 5.91 Å². The highest BCUT2D eigenvalue weighted by molar-refractivity contribution is 5.89. The Labute approximate surface area is 173 Å². The van der Waals surface area contributed by atoms with Crippen LogP contribution in [-0.4, -0.2) is 77.2 Å². The largest absolute Gasteiger partial charge is 0.384 e. The quantitative estimate of drug-likeness (QED) is 0.600. The summed E-state index contributed by atoms with van der Waals surface area (Å²) in [6.45, 7) is -1.78. The molecule has 1 aliphatic heterocycles. The molecule has 0 bridgehead atoms. The van der Waals surface area contributed by atoms with Gasteiger partial charge in [0, 0.05) is 32.7 Å². The first kappa shape index (κ1) is 24.5. The molecule has 0 radical (unpaired) electrons. The topological polar surface area (TPSA) is 23.6 Å². The van der Waals surface area contributed by atoms with Crippen LogP contribution < -0.4 is 0 Å². The normalized spacial score (nSPS) is 27.7. The van der Waals surface area contributed by atoms with Gasteiger partial charge >= 0.3 is 35.3 Å². The lowest BCUT2D eigenvalue weighted by Gasteiger charge is -2.52. The lowest BCUT2D eigenvalue weighted by atomic mass is 9.71. The van der Waals surface area contributed by atoms with Gasteiger partial charge in [-0.25, -0.2) is 4.39 Å². The van der Waals surface area contributed by atoms with Crippen LogP contribution in [0.25, 0.3) is 0 Å². The number of carbonyl (C=O) groups excluding carboxylic acids is 1. The van der Waals surface area contributed by atoms with Crippen molar-refractivity contribution in [1.82, 2.24) is 9.80 Å². The van der Waals surface area contributed by atoms with Crippen molar-refractivity contribution in [1.29, 1.82) is 0 Å². The number of piperazine rings is 1. The molecule has 1 aliphatic carbocycles. The fourth-order valence-corrected chi connectivity index (χ4v) is 3.66. The average Bonchev–Trinajstić information content (AvgIpc) is 2.72. The number of rotatable bonds is 3. The molecule has 14 heteroatoms. The van der Waals surface area contributed by atoms with Gasteiger partial charge in [0.15, 0.2) is 0 Å². The number of hydrogen-bond acceptors (Lipinski definition) is 2. The van der Waals surface area contributed by atoms with Crippen LogP contribution >= 0.6 is 0 Å². The number of benzene rings is 1. The van der Waals surface area contributed by atoms with E-state index in [-0.39, 0.29) is 24.5 Å². The van der Waals surface area contributed by atoms with E-state index in [1.54, 1.807) is 35.2 Å². The second-order valence-electron chi connectivity index (χ2n) is 7.58. The van der Waals surface area contributed by atoms with Crippen LogP contribution in [0.15, 0.2) is 30.3 Å². The molecular formula is C18H15F11N2O. The highest BCUT2D eigenvalue weighted by Gasteiger charge is 3.03. The lowest BCUT2D eigenvalue weighted by molar-refractivity contribution is -0.477. The Morgan fingerprint density at radius 2 is 1.06 bits per heavy atom. The Morgan fingerprint density at radius 3 is 1.50 bits per heavy atom. The van der Waals surface area contributed by atoms with E-state index < -0.39 is 54.3 Å². The Bertz CT molecular complexity index is 837. The summed E-state index contributed by atoms with van der Waals surface area (Å²) in [4.78, 5) is 13.7. The first-order chi connectivity index (χ1) is 14.5. The molecule has 3 rings (SSSR count). The van der Waals surface area contributed by atoms with Crippen molar-refractivity contribution >= 4 is 5.91 Å². The molecule has 2 fully saturated rings. The summed E-state index contributed by atoms with van der Waals surface area (Å²) in [5.41, 5.74) is -5.86. The summed E-state index contributed by atoms with van der Waals surface area (Å²) < 4.78 is 152. The number of alkyl halides is 11. The van der Waals surface area contributed by atoms with Crippen LogP contribution in [0.1, 0.15) is 5.56 Å². The van der Waals surface area contributed by atoms with Crippen LogP contribution in [0.5, 0.6) is 0 Å². The molecule has 180 valence electrons. The minimum Gasteiger partial charge on any atom is -0.337 e. The van der Waals surface area contributed by atoms with Crippen molar-refractivity contribution in [3.63, 3.8) is 0 Å². The third kappa shape index (κ3) is 2.86. The van der Waals surface area contributed by atoms with Crippen LogP contribution in [0, 0.1) is 0 Å². The van der Waals surface area contributed by atoms with Gasteiger partial charge in [-0.3, -0.25) is 9.69 Å². The molecule has 0 unspecified atom stereocenters. The Morgan fingerprint density at radius 1 is 0.656 bits per heavy atom. The van der Waals surface area contributed by atoms with Crippen molar-refractivity contribution in [2.75, 3.05) is 26.2 Å². The molecule has 0 atom stereocenters. The van der Waals surface area contributed by atoms with E-state index in [2.05, 4.69) is 0 Å². The lowest BCUT2D eigenvalue weighted by Crippen LogP contribution is -2.86. The van der Waals surface area contributed by atoms with Gasteiger partial charge in [0.05, 0.1) is 0 Å². The molecule has 2 aliphatic rings. The average molecular weight is 484 g/mol. The highest BCUT2D eigenvalue weighted by atomic mass is 19.4. The predicted octanol–water partition coefficient (Wildman–Crippen LogP) is 4.23. The van der Waals surface area contributed by atoms with Crippen molar-refractivity contribution in [2.24, 2.45) is 0 Å². The number of hydrogen-bond donors (Lipinski definition) is 0. The highest BCUT2D eigenvalue weighted by Crippen LogP contribution is 2.69. The third-order valence-corrected chi connectivity index (χ3v) is 5.65. The van der Waals surface area contributed by atoms with Crippen LogP contribution in [0.3, 0.4) is 0 Å². The smallest absolute Gasteiger partial charge is 0.337 e. The predicted molar refractivity (Wildman–Crippen MR) is 86.9 cm³/mol. The first-order valence-electron chi connectivity index (χ1n) is 9.10. The van der Waals surface area contributed by atoms with Gasteiger partial charge in [-0.15, -0.1) is 0 Å². The fourth-order valence-electron chi connectivity index (χ4n) is 3.66. The minimum atomic E-state index is -7.34. The molecule has 1 aromatic rings. The number of carbonyl (C=O) groups is 1. The maximum atomic E-state index is 14.9. The molecule has 1 amide bonds. The zero-order chi connectivity index (χ0) is 24.4. The van der Waals surface area contributed by atoms with Crippen molar-refractivity contribution in [2.45, 2.75) is 41.8 Å². The molecule has 0 aromatic heterocycles. The summed E-state index contributed by atoms with van der Waals surface area (Å²) in [7, 11) is 0. The molecule has 0 spiro atoms. The van der Waals surface area contributed by atoms with Gasteiger partial charge in [0.1, 0.15) is 0 Å². The van der Waals surface area contributed by atoms with Gasteiger partial charge in [-0.2, -0.15) is 43.9 Å². The van der Waals surface area contributed by atoms with E-state index >= 15 is 0 Å². The molecule has 1 heterocycles. The fraction of sp³-hybridized carbons (Fsp3) is 0.611. The number of halogens is 11. The van der Waals surface area contributed by atoms with E-state index in [4.69, 9.17) is 0 Å². The summed E-state index contributed by atoms with van der Waals surface area (Å²) in [5, 5.41) is 0. The zero-order valence-electron chi connectivity index (χ0n) is 15.9. The van der Waals surface area contributed by atoms with Crippen molar-refractivity contribution in [3.8, 4) is 0 Å². The maximum absolute atomic E-state index is 14.9. The second-order valence-corrected chi connectivity index (χ2v) is 7.58. The Balaban J connectivity index is 1.89. The Kier molecular flexibility index (Phi) is 5.51. The maximum Gasteiger partial charge on any atom is 0.384 e. The summed E-state index contributed by atoms with van der Waals surface area (Å²) in [6, 6.07) is 8.47. The second kappa shape index (κ2) is 7.19. The van der Waals surface area contributed by atoms with Crippen LogP contribution in [0.4, 0.5) is 48.3 Å². The molecule has 1 saturated heterocycles. The zero-order valence-corrected chi connectivity index (χ0v) is 15.9. The van der Waals surface area contributed by atoms with E-state index in [1.165, 1.54) is 0 Å². The molecule has 0 N–H and O–H groups in total. The first-order valence-corrected chi connectivity index (χ1v) is 9.10. The molecule has 1 saturated carbocycles. The van der Waals surface area contributed by atoms with Gasteiger partial charge < -0.3 is 4.90 Å². The van der Waals surface area contributed by atoms with Crippen molar-refractivity contribution < 1.29 is 53.1 Å². The molecule has 32 heavy (non-hydrogen) atoms. The summed E-state index contributed by atoms with van der Waals surface area (Å²) >= 11 is 0. The monoisotopic (exact) mass is 484 g/mol. The van der Waals surface area contributed by atoms with E-state index in [0.29, 0.717) is 0 Å². The summed E-state index contributed by atoms with van der Waals surface area (Å²) in [5.74, 6) is -39.3. The van der Waals surface area contributed by atoms with Crippen molar-refractivity contribution in [3.05, 3.63) is 35.9 Å². The number of nitrogens with zero attached hydrogens (tertiary/aromatic N) is 2. The van der Waals surface area contributed by atoms with Gasteiger partial charge in [0.2, 0.25) is 0 Å². The SMILES string of the molecule is O=C(N1CCN(Cc2ccccc2)CC1)C1(F)C(F)(F)C(F)(F)C(F)(F)C(F)(F)C1(F)F. The van der Waals surface area contributed by atoms with Crippen LogP contribution in [0.2, 0.25) is 0 Å². The van der Waals surface area contributed by atoms with E-state index in [1.807, 2.05) is 0 Å². The van der Waals surface area contributed by atoms with Crippen LogP contribution in [-0.2, 0) is 11.3 Å². The van der Waals surface area contributed by atoms with Gasteiger partial charge in [-0.05, 0) is 5.56 Å². The molecule has 1 aromatic carbocycles. The Hall–Kier alpha value is -2.12.